The minimum atomic E-state index is -0.716. The van der Waals surface area contributed by atoms with Crippen molar-refractivity contribution in [3.8, 4) is 5.75 Å². The highest BCUT2D eigenvalue weighted by Crippen LogP contribution is 2.45. The van der Waals surface area contributed by atoms with Crippen LogP contribution in [0.15, 0.2) is 84.9 Å². The number of carbonyl (C=O) groups is 3. The number of hydrogen-bond donors (Lipinski definition) is 2. The number of rotatable bonds is 4. The van der Waals surface area contributed by atoms with Crippen LogP contribution in [0, 0.1) is 0 Å². The van der Waals surface area contributed by atoms with Gasteiger partial charge in [-0.25, -0.2) is 5.48 Å². The van der Waals surface area contributed by atoms with Crippen molar-refractivity contribution in [3.05, 3.63) is 107 Å². The first-order chi connectivity index (χ1) is 17.5. The van der Waals surface area contributed by atoms with E-state index in [9.17, 15) is 14.4 Å². The standard InChI is InChI=1S/C29H26N2O5/c32-25-19-29(36-26-13-11-20(17-23(25)26)12-14-27(33)30-35)15-16-31(28(34)22-9-5-2-6-10-22)24(18-29)21-7-3-1-4-8-21/h1-14,17,24,35H,15-16,18-19H2,(H,30,33)/b14-12+. The molecule has 2 N–H and O–H groups in total. The van der Waals surface area contributed by atoms with Crippen molar-refractivity contribution in [1.29, 1.82) is 0 Å². The van der Waals surface area contributed by atoms with Crippen LogP contribution in [-0.4, -0.2) is 39.9 Å². The van der Waals surface area contributed by atoms with Crippen molar-refractivity contribution in [2.75, 3.05) is 6.54 Å². The lowest BCUT2D eigenvalue weighted by atomic mass is 9.77. The lowest BCUT2D eigenvalue weighted by Crippen LogP contribution is -2.53. The van der Waals surface area contributed by atoms with Crippen LogP contribution in [-0.2, 0) is 4.79 Å². The Morgan fingerprint density at radius 1 is 1.03 bits per heavy atom. The zero-order valence-electron chi connectivity index (χ0n) is 19.6. The molecule has 2 heterocycles. The summed E-state index contributed by atoms with van der Waals surface area (Å²) in [5, 5.41) is 8.66. The van der Waals surface area contributed by atoms with Gasteiger partial charge in [-0.2, -0.15) is 0 Å². The Labute approximate surface area is 209 Å². The van der Waals surface area contributed by atoms with Crippen LogP contribution < -0.4 is 10.2 Å². The third kappa shape index (κ3) is 4.65. The molecule has 2 aliphatic rings. The highest BCUT2D eigenvalue weighted by molar-refractivity contribution is 6.01. The molecule has 0 bridgehead atoms. The molecule has 1 saturated heterocycles. The summed E-state index contributed by atoms with van der Waals surface area (Å²) in [7, 11) is 0. The topological polar surface area (TPSA) is 95.9 Å². The van der Waals surface area contributed by atoms with Gasteiger partial charge in [-0.3, -0.25) is 19.6 Å². The number of hydroxylamine groups is 1. The number of ketones is 1. The van der Waals surface area contributed by atoms with E-state index >= 15 is 0 Å². The van der Waals surface area contributed by atoms with Crippen LogP contribution in [0.3, 0.4) is 0 Å². The molecule has 2 aliphatic heterocycles. The largest absolute Gasteiger partial charge is 0.486 e. The maximum atomic E-state index is 13.5. The Bertz CT molecular complexity index is 1320. The first kappa shape index (κ1) is 23.5. The van der Waals surface area contributed by atoms with E-state index < -0.39 is 11.5 Å². The van der Waals surface area contributed by atoms with Gasteiger partial charge >= 0.3 is 0 Å². The summed E-state index contributed by atoms with van der Waals surface area (Å²) in [4.78, 5) is 39.9. The summed E-state index contributed by atoms with van der Waals surface area (Å²) in [5.74, 6) is -0.222. The van der Waals surface area contributed by atoms with Gasteiger partial charge in [0.15, 0.2) is 5.78 Å². The molecular weight excluding hydrogens is 456 g/mol. The quantitative estimate of drug-likeness (QED) is 0.322. The Morgan fingerprint density at radius 3 is 2.47 bits per heavy atom. The fourth-order valence-corrected chi connectivity index (χ4v) is 5.09. The van der Waals surface area contributed by atoms with Gasteiger partial charge in [-0.1, -0.05) is 54.6 Å². The third-order valence-corrected chi connectivity index (χ3v) is 6.87. The van der Waals surface area contributed by atoms with Crippen LogP contribution in [0.25, 0.3) is 6.08 Å². The van der Waals surface area contributed by atoms with Crippen molar-refractivity contribution in [1.82, 2.24) is 10.4 Å². The first-order valence-corrected chi connectivity index (χ1v) is 11.9. The molecule has 2 amide bonds. The molecule has 36 heavy (non-hydrogen) atoms. The summed E-state index contributed by atoms with van der Waals surface area (Å²) in [6.45, 7) is 0.465. The predicted octanol–water partition coefficient (Wildman–Crippen LogP) is 4.59. The van der Waals surface area contributed by atoms with Crippen LogP contribution in [0.1, 0.15) is 57.1 Å². The summed E-state index contributed by atoms with van der Waals surface area (Å²) < 4.78 is 6.52. The highest BCUT2D eigenvalue weighted by Gasteiger charge is 2.48. The Morgan fingerprint density at radius 2 is 1.75 bits per heavy atom. The second-order valence-corrected chi connectivity index (χ2v) is 9.20. The fourth-order valence-electron chi connectivity index (χ4n) is 5.09. The number of ether oxygens (including phenoxy) is 1. The molecule has 1 fully saturated rings. The number of piperidine rings is 1. The van der Waals surface area contributed by atoms with Gasteiger partial charge in [0.1, 0.15) is 11.4 Å². The van der Waals surface area contributed by atoms with E-state index in [4.69, 9.17) is 9.94 Å². The minimum Gasteiger partial charge on any atom is -0.486 e. The number of amides is 2. The lowest BCUT2D eigenvalue weighted by Gasteiger charge is -2.48. The fraction of sp³-hybridized carbons (Fsp3) is 0.207. The predicted molar refractivity (Wildman–Crippen MR) is 134 cm³/mol. The molecule has 0 aromatic heterocycles. The number of nitrogens with zero attached hydrogens (tertiary/aromatic N) is 1. The molecule has 0 aliphatic carbocycles. The lowest BCUT2D eigenvalue weighted by molar-refractivity contribution is -0.124. The van der Waals surface area contributed by atoms with E-state index in [0.717, 1.165) is 5.56 Å². The zero-order valence-corrected chi connectivity index (χ0v) is 19.6. The first-order valence-electron chi connectivity index (χ1n) is 11.9. The van der Waals surface area contributed by atoms with Gasteiger partial charge in [0.2, 0.25) is 0 Å². The molecule has 2 atom stereocenters. The van der Waals surface area contributed by atoms with Crippen molar-refractivity contribution in [2.24, 2.45) is 0 Å². The summed E-state index contributed by atoms with van der Waals surface area (Å²) in [6.07, 6.45) is 3.95. The molecule has 2 unspecified atom stereocenters. The average Bonchev–Trinajstić information content (AvgIpc) is 2.92. The SMILES string of the molecule is O=C(/C=C/c1ccc2c(c1)C(=O)CC1(CCN(C(=O)c3ccccc3)C(c3ccccc3)C1)O2)NO. The van der Waals surface area contributed by atoms with Gasteiger partial charge in [-0.15, -0.1) is 0 Å². The van der Waals surface area contributed by atoms with Crippen molar-refractivity contribution in [3.63, 3.8) is 0 Å². The van der Waals surface area contributed by atoms with E-state index in [1.165, 1.54) is 17.6 Å². The molecule has 0 radical (unpaired) electrons. The van der Waals surface area contributed by atoms with Crippen LogP contribution in [0.4, 0.5) is 0 Å². The maximum Gasteiger partial charge on any atom is 0.267 e. The van der Waals surface area contributed by atoms with Crippen LogP contribution in [0.2, 0.25) is 0 Å². The molecular formula is C29H26N2O5. The molecule has 3 aromatic carbocycles. The molecule has 3 aromatic rings. The second kappa shape index (κ2) is 9.79. The van der Waals surface area contributed by atoms with Crippen LogP contribution >= 0.6 is 0 Å². The summed E-state index contributed by atoms with van der Waals surface area (Å²) in [6, 6.07) is 24.1. The minimum absolute atomic E-state index is 0.0345. The number of fused-ring (bicyclic) bond motifs is 1. The molecule has 7 nitrogen and oxygen atoms in total. The Hall–Kier alpha value is -4.23. The van der Waals surface area contributed by atoms with Gasteiger partial charge in [0, 0.05) is 31.0 Å². The summed E-state index contributed by atoms with van der Waals surface area (Å²) in [5.41, 5.74) is 3.58. The molecule has 1 spiro atoms. The van der Waals surface area contributed by atoms with E-state index in [-0.39, 0.29) is 24.2 Å². The highest BCUT2D eigenvalue weighted by atomic mass is 16.5. The van der Waals surface area contributed by atoms with E-state index in [2.05, 4.69) is 0 Å². The Kier molecular flexibility index (Phi) is 6.40. The monoisotopic (exact) mass is 482 g/mol. The van der Waals surface area contributed by atoms with Crippen LogP contribution in [0.5, 0.6) is 5.75 Å². The zero-order chi connectivity index (χ0) is 25.1. The summed E-state index contributed by atoms with van der Waals surface area (Å²) >= 11 is 0. The maximum absolute atomic E-state index is 13.5. The van der Waals surface area contributed by atoms with Crippen molar-refractivity contribution < 1.29 is 24.3 Å². The third-order valence-electron chi connectivity index (χ3n) is 6.87. The number of benzene rings is 3. The number of likely N-dealkylation sites (tertiary alicyclic amines) is 1. The van der Waals surface area contributed by atoms with E-state index in [0.29, 0.717) is 41.8 Å². The van der Waals surface area contributed by atoms with Crippen molar-refractivity contribution in [2.45, 2.75) is 30.9 Å². The number of carbonyl (C=O) groups excluding carboxylic acids is 3. The van der Waals surface area contributed by atoms with Gasteiger partial charge < -0.3 is 9.64 Å². The second-order valence-electron chi connectivity index (χ2n) is 9.20. The van der Waals surface area contributed by atoms with E-state index in [1.807, 2.05) is 65.6 Å². The van der Waals surface area contributed by atoms with Gasteiger partial charge in [0.05, 0.1) is 18.0 Å². The molecule has 0 saturated carbocycles. The van der Waals surface area contributed by atoms with Crippen molar-refractivity contribution >= 4 is 23.7 Å². The number of nitrogens with one attached hydrogen (secondary N) is 1. The molecule has 5 rings (SSSR count). The average molecular weight is 483 g/mol. The Balaban J connectivity index is 1.44. The molecule has 182 valence electrons. The number of Topliss-reactive ketones (excluding diaryl/α,β-unsaturated/α-hetero) is 1. The smallest absolute Gasteiger partial charge is 0.267 e. The number of hydrogen-bond acceptors (Lipinski definition) is 5. The van der Waals surface area contributed by atoms with E-state index in [1.54, 1.807) is 18.2 Å². The normalized spacial score (nSPS) is 21.2. The molecule has 7 heteroatoms. The van der Waals surface area contributed by atoms with Gasteiger partial charge in [0.25, 0.3) is 11.8 Å². The van der Waals surface area contributed by atoms with Gasteiger partial charge in [-0.05, 0) is 41.5 Å².